The first-order valence-electron chi connectivity index (χ1n) is 5.17. The summed E-state index contributed by atoms with van der Waals surface area (Å²) in [5.74, 6) is 0.653. The molecule has 0 aliphatic heterocycles. The van der Waals surface area contributed by atoms with Crippen LogP contribution < -0.4 is 5.32 Å². The Morgan fingerprint density at radius 1 is 1.00 bits per heavy atom. The minimum absolute atomic E-state index is 0.653. The topological polar surface area (TPSA) is 37.8 Å². The molecule has 0 spiro atoms. The highest BCUT2D eigenvalue weighted by Crippen LogP contribution is 2.00. The lowest BCUT2D eigenvalue weighted by Gasteiger charge is -1.98. The van der Waals surface area contributed by atoms with E-state index in [1.165, 1.54) is 5.56 Å². The Hall–Kier alpha value is -2.16. The summed E-state index contributed by atoms with van der Waals surface area (Å²) in [4.78, 5) is 8.13. The number of hydrogen-bond acceptors (Lipinski definition) is 3. The quantitative estimate of drug-likeness (QED) is 0.844. The van der Waals surface area contributed by atoms with E-state index in [1.54, 1.807) is 18.5 Å². The first-order chi connectivity index (χ1) is 7.95. The van der Waals surface area contributed by atoms with Gasteiger partial charge in [-0.3, -0.25) is 0 Å². The Morgan fingerprint density at radius 2 is 1.75 bits per heavy atom. The molecule has 2 aromatic rings. The summed E-state index contributed by atoms with van der Waals surface area (Å²) < 4.78 is 0. The van der Waals surface area contributed by atoms with E-state index >= 15 is 0 Å². The van der Waals surface area contributed by atoms with Gasteiger partial charge in [-0.15, -0.1) is 0 Å². The van der Waals surface area contributed by atoms with Crippen LogP contribution in [0, 0.1) is 0 Å². The van der Waals surface area contributed by atoms with Crippen molar-refractivity contribution in [1.82, 2.24) is 9.97 Å². The first-order valence-corrected chi connectivity index (χ1v) is 5.17. The van der Waals surface area contributed by atoms with Gasteiger partial charge in [-0.05, 0) is 11.6 Å². The van der Waals surface area contributed by atoms with Crippen molar-refractivity contribution in [1.29, 1.82) is 0 Å². The fraction of sp³-hybridized carbons (Fsp3) is 0.0769. The van der Waals surface area contributed by atoms with E-state index in [0.29, 0.717) is 5.95 Å². The van der Waals surface area contributed by atoms with Crippen LogP contribution in [0.25, 0.3) is 6.08 Å². The van der Waals surface area contributed by atoms with E-state index < -0.39 is 0 Å². The van der Waals surface area contributed by atoms with Crippen LogP contribution in [-0.2, 0) is 0 Å². The average molecular weight is 211 g/mol. The second-order valence-corrected chi connectivity index (χ2v) is 3.27. The third-order valence-electron chi connectivity index (χ3n) is 2.05. The van der Waals surface area contributed by atoms with Gasteiger partial charge < -0.3 is 5.32 Å². The smallest absolute Gasteiger partial charge is 0.222 e. The van der Waals surface area contributed by atoms with Crippen molar-refractivity contribution in [3.63, 3.8) is 0 Å². The molecule has 0 aliphatic carbocycles. The zero-order valence-electron chi connectivity index (χ0n) is 8.88. The lowest BCUT2D eigenvalue weighted by Crippen LogP contribution is -2.01. The SMILES string of the molecule is C(=Cc1ccccc1)CNc1ncccn1. The summed E-state index contributed by atoms with van der Waals surface area (Å²) in [6, 6.07) is 12.0. The summed E-state index contributed by atoms with van der Waals surface area (Å²) in [6.07, 6.45) is 7.55. The van der Waals surface area contributed by atoms with E-state index in [2.05, 4.69) is 33.5 Å². The molecule has 1 heterocycles. The van der Waals surface area contributed by atoms with Crippen molar-refractivity contribution >= 4 is 12.0 Å². The van der Waals surface area contributed by atoms with Crippen molar-refractivity contribution in [2.75, 3.05) is 11.9 Å². The van der Waals surface area contributed by atoms with Crippen LogP contribution in [0.15, 0.2) is 54.9 Å². The van der Waals surface area contributed by atoms with Gasteiger partial charge in [0.05, 0.1) is 0 Å². The van der Waals surface area contributed by atoms with Crippen molar-refractivity contribution in [3.8, 4) is 0 Å². The van der Waals surface area contributed by atoms with Crippen LogP contribution in [-0.4, -0.2) is 16.5 Å². The predicted octanol–water partition coefficient (Wildman–Crippen LogP) is 2.60. The molecular formula is C13H13N3. The number of nitrogens with one attached hydrogen (secondary N) is 1. The average Bonchev–Trinajstić information content (AvgIpc) is 2.37. The molecule has 3 nitrogen and oxygen atoms in total. The highest BCUT2D eigenvalue weighted by molar-refractivity contribution is 5.49. The van der Waals surface area contributed by atoms with Gasteiger partial charge in [0.1, 0.15) is 0 Å². The van der Waals surface area contributed by atoms with Gasteiger partial charge in [-0.25, -0.2) is 9.97 Å². The molecule has 0 fully saturated rings. The van der Waals surface area contributed by atoms with Gasteiger partial charge in [0.25, 0.3) is 0 Å². The second-order valence-electron chi connectivity index (χ2n) is 3.27. The molecule has 1 N–H and O–H groups in total. The second kappa shape index (κ2) is 5.66. The Morgan fingerprint density at radius 3 is 2.50 bits per heavy atom. The first kappa shape index (κ1) is 10.4. The van der Waals surface area contributed by atoms with E-state index in [4.69, 9.17) is 0 Å². The molecule has 0 amide bonds. The molecular weight excluding hydrogens is 198 g/mol. The van der Waals surface area contributed by atoms with Crippen molar-refractivity contribution in [2.24, 2.45) is 0 Å². The molecule has 80 valence electrons. The minimum atomic E-state index is 0.653. The third-order valence-corrected chi connectivity index (χ3v) is 2.05. The van der Waals surface area contributed by atoms with E-state index in [0.717, 1.165) is 6.54 Å². The molecule has 0 unspecified atom stereocenters. The summed E-state index contributed by atoms with van der Waals surface area (Å²) in [5, 5.41) is 3.11. The van der Waals surface area contributed by atoms with Crippen molar-refractivity contribution in [2.45, 2.75) is 0 Å². The minimum Gasteiger partial charge on any atom is -0.351 e. The summed E-state index contributed by atoms with van der Waals surface area (Å²) in [5.41, 5.74) is 1.19. The highest BCUT2D eigenvalue weighted by Gasteiger charge is 1.88. The monoisotopic (exact) mass is 211 g/mol. The molecule has 0 saturated carbocycles. The van der Waals surface area contributed by atoms with Crippen LogP contribution in [0.2, 0.25) is 0 Å². The molecule has 1 aromatic heterocycles. The molecule has 0 bridgehead atoms. The largest absolute Gasteiger partial charge is 0.351 e. The molecule has 0 saturated heterocycles. The van der Waals surface area contributed by atoms with Crippen LogP contribution in [0.1, 0.15) is 5.56 Å². The van der Waals surface area contributed by atoms with E-state index in [9.17, 15) is 0 Å². The maximum Gasteiger partial charge on any atom is 0.222 e. The fourth-order valence-electron chi connectivity index (χ4n) is 1.30. The summed E-state index contributed by atoms with van der Waals surface area (Å²) >= 11 is 0. The Labute approximate surface area is 94.9 Å². The van der Waals surface area contributed by atoms with Gasteiger partial charge in [-0.1, -0.05) is 42.5 Å². The maximum absolute atomic E-state index is 4.07. The number of anilines is 1. The third kappa shape index (κ3) is 3.20. The van der Waals surface area contributed by atoms with Gasteiger partial charge >= 0.3 is 0 Å². The normalized spacial score (nSPS) is 10.5. The van der Waals surface area contributed by atoms with Crippen LogP contribution in [0.5, 0.6) is 0 Å². The van der Waals surface area contributed by atoms with Gasteiger partial charge in [-0.2, -0.15) is 0 Å². The van der Waals surface area contributed by atoms with Gasteiger partial charge in [0, 0.05) is 18.9 Å². The summed E-state index contributed by atoms with van der Waals surface area (Å²) in [6.45, 7) is 0.721. The lowest BCUT2D eigenvalue weighted by atomic mass is 10.2. The summed E-state index contributed by atoms with van der Waals surface area (Å²) in [7, 11) is 0. The van der Waals surface area contributed by atoms with Crippen molar-refractivity contribution < 1.29 is 0 Å². The Balaban J connectivity index is 1.83. The number of nitrogens with zero attached hydrogens (tertiary/aromatic N) is 2. The molecule has 0 atom stereocenters. The molecule has 2 rings (SSSR count). The zero-order valence-corrected chi connectivity index (χ0v) is 8.88. The lowest BCUT2D eigenvalue weighted by molar-refractivity contribution is 1.12. The Bertz CT molecular complexity index is 437. The van der Waals surface area contributed by atoms with Crippen LogP contribution in [0.4, 0.5) is 5.95 Å². The number of aromatic nitrogens is 2. The van der Waals surface area contributed by atoms with Crippen LogP contribution in [0.3, 0.4) is 0 Å². The molecule has 0 radical (unpaired) electrons. The standard InChI is InChI=1S/C13H13N3/c1-2-6-12(7-3-1)8-4-9-14-13-15-10-5-11-16-13/h1-8,10-11H,9H2,(H,14,15,16). The maximum atomic E-state index is 4.07. The Kier molecular flexibility index (Phi) is 3.66. The molecule has 3 heteroatoms. The fourth-order valence-corrected chi connectivity index (χ4v) is 1.30. The van der Waals surface area contributed by atoms with E-state index in [1.807, 2.05) is 24.3 Å². The van der Waals surface area contributed by atoms with Crippen molar-refractivity contribution in [3.05, 3.63) is 60.4 Å². The predicted molar refractivity (Wildman–Crippen MR) is 66.0 cm³/mol. The number of benzene rings is 1. The molecule has 16 heavy (non-hydrogen) atoms. The molecule has 1 aromatic carbocycles. The van der Waals surface area contributed by atoms with Gasteiger partial charge in [0.15, 0.2) is 0 Å². The number of hydrogen-bond donors (Lipinski definition) is 1. The van der Waals surface area contributed by atoms with E-state index in [-0.39, 0.29) is 0 Å². The molecule has 0 aliphatic rings. The zero-order chi connectivity index (χ0) is 11.1. The number of rotatable bonds is 4. The van der Waals surface area contributed by atoms with Gasteiger partial charge in [0.2, 0.25) is 5.95 Å². The highest BCUT2D eigenvalue weighted by atomic mass is 15.1. The van der Waals surface area contributed by atoms with Crippen LogP contribution >= 0.6 is 0 Å².